The van der Waals surface area contributed by atoms with Gasteiger partial charge in [-0.25, -0.2) is 9.78 Å². The lowest BCUT2D eigenvalue weighted by Gasteiger charge is -2.11. The van der Waals surface area contributed by atoms with E-state index in [-0.39, 0.29) is 18.2 Å². The van der Waals surface area contributed by atoms with Gasteiger partial charge >= 0.3 is 5.69 Å². The van der Waals surface area contributed by atoms with E-state index in [9.17, 15) is 14.4 Å². The molecule has 0 aliphatic carbocycles. The van der Waals surface area contributed by atoms with Crippen molar-refractivity contribution in [2.75, 3.05) is 0 Å². The maximum atomic E-state index is 12.6. The Morgan fingerprint density at radius 1 is 1.30 bits per heavy atom. The third kappa shape index (κ3) is 4.69. The summed E-state index contributed by atoms with van der Waals surface area (Å²) >= 11 is 1.40. The molecule has 0 aromatic carbocycles. The summed E-state index contributed by atoms with van der Waals surface area (Å²) in [5.74, 6) is 0.648. The molecule has 0 radical (unpaired) electrons. The van der Waals surface area contributed by atoms with Gasteiger partial charge in [0.25, 0.3) is 5.56 Å². The zero-order chi connectivity index (χ0) is 21.8. The van der Waals surface area contributed by atoms with Crippen molar-refractivity contribution < 1.29 is 4.79 Å². The van der Waals surface area contributed by atoms with Gasteiger partial charge in [0.2, 0.25) is 5.91 Å². The van der Waals surface area contributed by atoms with Crippen LogP contribution in [0.25, 0.3) is 11.2 Å². The largest absolute Gasteiger partial charge is 0.330 e. The van der Waals surface area contributed by atoms with Gasteiger partial charge in [0.05, 0.1) is 0 Å². The van der Waals surface area contributed by atoms with Crippen molar-refractivity contribution in [3.8, 4) is 0 Å². The minimum atomic E-state index is -0.446. The van der Waals surface area contributed by atoms with E-state index >= 15 is 0 Å². The van der Waals surface area contributed by atoms with Gasteiger partial charge in [-0.1, -0.05) is 27.2 Å². The molecule has 0 aliphatic heterocycles. The standard InChI is InChI=1S/C20H28N6O3S/c1-5-6-9-25-17-16(18(28)23-19(25)29)26(12-13(2)3)14(21-17)7-8-15(27)22-20-24(4)10-11-30-20/h10-11,13H,5-9,12H2,1-4H3,(H,23,28,29). The average Bonchev–Trinajstić information content (AvgIpc) is 3.23. The van der Waals surface area contributed by atoms with E-state index in [0.29, 0.717) is 41.3 Å². The highest BCUT2D eigenvalue weighted by Crippen LogP contribution is 2.16. The molecule has 0 spiro atoms. The van der Waals surface area contributed by atoms with Crippen LogP contribution in [0.4, 0.5) is 0 Å². The second kappa shape index (κ2) is 9.38. The fourth-order valence-electron chi connectivity index (χ4n) is 3.31. The molecule has 3 aromatic rings. The van der Waals surface area contributed by atoms with Crippen LogP contribution in [0, 0.1) is 5.92 Å². The topological polar surface area (TPSA) is 107 Å². The van der Waals surface area contributed by atoms with Crippen LogP contribution < -0.4 is 16.1 Å². The summed E-state index contributed by atoms with van der Waals surface area (Å²) in [6.07, 6.45) is 4.10. The van der Waals surface area contributed by atoms with Crippen LogP contribution in [-0.2, 0) is 31.4 Å². The number of thiazole rings is 1. The lowest BCUT2D eigenvalue weighted by Crippen LogP contribution is -2.31. The minimum Gasteiger partial charge on any atom is -0.327 e. The molecule has 0 fully saturated rings. The molecule has 30 heavy (non-hydrogen) atoms. The van der Waals surface area contributed by atoms with Crippen molar-refractivity contribution in [1.82, 2.24) is 23.7 Å². The number of nitrogens with one attached hydrogen (secondary N) is 1. The predicted octanol–water partition coefficient (Wildman–Crippen LogP) is 1.80. The predicted molar refractivity (Wildman–Crippen MR) is 117 cm³/mol. The highest BCUT2D eigenvalue weighted by atomic mass is 32.1. The van der Waals surface area contributed by atoms with E-state index in [4.69, 9.17) is 0 Å². The van der Waals surface area contributed by atoms with Crippen LogP contribution in [0.5, 0.6) is 0 Å². The highest BCUT2D eigenvalue weighted by molar-refractivity contribution is 7.07. The number of carbonyl (C=O) groups is 1. The van der Waals surface area contributed by atoms with Crippen molar-refractivity contribution in [2.45, 2.75) is 59.5 Å². The third-order valence-electron chi connectivity index (χ3n) is 4.79. The van der Waals surface area contributed by atoms with Crippen molar-refractivity contribution >= 4 is 28.4 Å². The summed E-state index contributed by atoms with van der Waals surface area (Å²) < 4.78 is 5.17. The Balaban J connectivity index is 2.01. The summed E-state index contributed by atoms with van der Waals surface area (Å²) in [5.41, 5.74) is -0.105. The molecule has 162 valence electrons. The average molecular weight is 433 g/mol. The van der Waals surface area contributed by atoms with Crippen molar-refractivity contribution in [3.05, 3.63) is 43.0 Å². The number of rotatable bonds is 8. The maximum absolute atomic E-state index is 12.6. The van der Waals surface area contributed by atoms with E-state index in [0.717, 1.165) is 12.8 Å². The molecule has 1 amide bonds. The lowest BCUT2D eigenvalue weighted by atomic mass is 10.2. The number of fused-ring (bicyclic) bond motifs is 1. The number of aryl methyl sites for hydroxylation is 3. The normalized spacial score (nSPS) is 12.4. The first kappa shape index (κ1) is 21.9. The SMILES string of the molecule is CCCCn1c(=O)[nH]c(=O)c2c1nc(CCC(=O)N=c1sccn1C)n2CC(C)C. The summed E-state index contributed by atoms with van der Waals surface area (Å²) in [6, 6.07) is 0. The zero-order valence-electron chi connectivity index (χ0n) is 17.8. The molecular formula is C20H28N6O3S. The number of amides is 1. The van der Waals surface area contributed by atoms with E-state index in [1.165, 1.54) is 15.9 Å². The van der Waals surface area contributed by atoms with Crippen LogP contribution >= 0.6 is 11.3 Å². The molecule has 10 heteroatoms. The highest BCUT2D eigenvalue weighted by Gasteiger charge is 2.19. The van der Waals surface area contributed by atoms with Crippen LogP contribution in [0.2, 0.25) is 0 Å². The molecule has 3 rings (SSSR count). The van der Waals surface area contributed by atoms with Gasteiger partial charge in [0.1, 0.15) is 5.82 Å². The summed E-state index contributed by atoms with van der Waals surface area (Å²) in [5, 5.41) is 1.87. The number of unbranched alkanes of at least 4 members (excludes halogenated alkanes) is 1. The fraction of sp³-hybridized carbons (Fsp3) is 0.550. The van der Waals surface area contributed by atoms with E-state index in [1.54, 1.807) is 4.57 Å². The van der Waals surface area contributed by atoms with Crippen molar-refractivity contribution in [3.63, 3.8) is 0 Å². The number of aromatic amines is 1. The number of hydrogen-bond donors (Lipinski definition) is 1. The first-order chi connectivity index (χ1) is 14.3. The molecule has 0 saturated heterocycles. The van der Waals surface area contributed by atoms with Crippen LogP contribution in [0.1, 0.15) is 45.9 Å². The Bertz CT molecular complexity index is 1220. The summed E-state index contributed by atoms with van der Waals surface area (Å²) in [7, 11) is 1.84. The quantitative estimate of drug-likeness (QED) is 0.586. The number of aromatic nitrogens is 5. The zero-order valence-corrected chi connectivity index (χ0v) is 18.7. The number of hydrogen-bond acceptors (Lipinski definition) is 5. The number of H-pyrrole nitrogens is 1. The number of imidazole rings is 1. The third-order valence-corrected chi connectivity index (χ3v) is 5.64. The molecule has 0 aliphatic rings. The minimum absolute atomic E-state index is 0.177. The smallest absolute Gasteiger partial charge is 0.327 e. The molecule has 1 N–H and O–H groups in total. The molecule has 0 bridgehead atoms. The lowest BCUT2D eigenvalue weighted by molar-refractivity contribution is -0.118. The second-order valence-electron chi connectivity index (χ2n) is 7.77. The van der Waals surface area contributed by atoms with Crippen molar-refractivity contribution in [2.24, 2.45) is 18.0 Å². The van der Waals surface area contributed by atoms with Gasteiger partial charge in [-0.3, -0.25) is 19.1 Å². The summed E-state index contributed by atoms with van der Waals surface area (Å²) in [6.45, 7) is 7.21. The monoisotopic (exact) mass is 432 g/mol. The molecule has 0 saturated carbocycles. The Morgan fingerprint density at radius 3 is 2.70 bits per heavy atom. The van der Waals surface area contributed by atoms with Crippen LogP contribution in [0.3, 0.4) is 0 Å². The first-order valence-electron chi connectivity index (χ1n) is 10.2. The molecule has 0 atom stereocenters. The number of nitrogens with zero attached hydrogens (tertiary/aromatic N) is 5. The van der Waals surface area contributed by atoms with E-state index < -0.39 is 11.2 Å². The van der Waals surface area contributed by atoms with E-state index in [1.807, 2.05) is 44.0 Å². The van der Waals surface area contributed by atoms with Gasteiger partial charge in [-0.05, 0) is 12.3 Å². The Kier molecular flexibility index (Phi) is 6.86. The van der Waals surface area contributed by atoms with Gasteiger partial charge in [-0.15, -0.1) is 11.3 Å². The van der Waals surface area contributed by atoms with Crippen LogP contribution in [-0.4, -0.2) is 29.6 Å². The van der Waals surface area contributed by atoms with Gasteiger partial charge in [0, 0.05) is 44.6 Å². The molecule has 3 aromatic heterocycles. The maximum Gasteiger partial charge on any atom is 0.330 e. The Hall–Kier alpha value is -2.75. The van der Waals surface area contributed by atoms with Gasteiger partial charge in [0.15, 0.2) is 16.0 Å². The van der Waals surface area contributed by atoms with E-state index in [2.05, 4.69) is 15.0 Å². The molecule has 3 heterocycles. The molecule has 0 unspecified atom stereocenters. The second-order valence-corrected chi connectivity index (χ2v) is 8.64. The summed E-state index contributed by atoms with van der Waals surface area (Å²) in [4.78, 5) is 49.2. The number of carbonyl (C=O) groups excluding carboxylic acids is 1. The van der Waals surface area contributed by atoms with Gasteiger partial charge in [-0.2, -0.15) is 4.99 Å². The van der Waals surface area contributed by atoms with Crippen molar-refractivity contribution in [1.29, 1.82) is 0 Å². The van der Waals surface area contributed by atoms with Gasteiger partial charge < -0.3 is 9.13 Å². The Labute approximate surface area is 177 Å². The fourth-order valence-corrected chi connectivity index (χ4v) is 4.06. The first-order valence-corrected chi connectivity index (χ1v) is 11.1. The Morgan fingerprint density at radius 2 is 2.07 bits per heavy atom. The molecular weight excluding hydrogens is 404 g/mol. The van der Waals surface area contributed by atoms with Crippen LogP contribution in [0.15, 0.2) is 26.2 Å². The molecule has 9 nitrogen and oxygen atoms in total.